The van der Waals surface area contributed by atoms with E-state index in [1.807, 2.05) is 66.7 Å². The van der Waals surface area contributed by atoms with Crippen LogP contribution in [0, 0.1) is 0 Å². The van der Waals surface area contributed by atoms with Crippen LogP contribution in [0.15, 0.2) is 162 Å². The second-order valence-corrected chi connectivity index (χ2v) is 10.9. The summed E-state index contributed by atoms with van der Waals surface area (Å²) in [6.07, 6.45) is 0. The Morgan fingerprint density at radius 3 is 1.72 bits per heavy atom. The SMILES string of the molecule is [2H]c1c([2H])c([2H])c(-c2c3ccccc3c(-c3cc(-c4cccc5oc6ccccc6c45)cc4ccccc34)c3ccccc23)c([2H])c1[2H]. The third kappa shape index (κ3) is 3.65. The minimum absolute atomic E-state index is 0.206. The van der Waals surface area contributed by atoms with Crippen molar-refractivity contribution in [2.75, 3.05) is 0 Å². The van der Waals surface area contributed by atoms with Gasteiger partial charge in [0.15, 0.2) is 0 Å². The van der Waals surface area contributed by atoms with Gasteiger partial charge in [-0.15, -0.1) is 0 Å². The highest BCUT2D eigenvalue weighted by atomic mass is 16.3. The summed E-state index contributed by atoms with van der Waals surface area (Å²) < 4.78 is 49.2. The summed E-state index contributed by atoms with van der Waals surface area (Å²) in [5.74, 6) is 0. The van der Waals surface area contributed by atoms with Gasteiger partial charge in [0.25, 0.3) is 0 Å². The Hall–Kier alpha value is -5.66. The van der Waals surface area contributed by atoms with E-state index < -0.39 is 6.04 Å². The third-order valence-corrected chi connectivity index (χ3v) is 8.53. The van der Waals surface area contributed by atoms with Gasteiger partial charge in [-0.25, -0.2) is 0 Å². The molecular formula is C42H26O. The molecule has 0 saturated heterocycles. The fourth-order valence-corrected chi connectivity index (χ4v) is 6.75. The first-order valence-corrected chi connectivity index (χ1v) is 14.4. The lowest BCUT2D eigenvalue weighted by atomic mass is 9.83. The van der Waals surface area contributed by atoms with Gasteiger partial charge in [-0.2, -0.15) is 0 Å². The lowest BCUT2D eigenvalue weighted by Gasteiger charge is -2.19. The number of fused-ring (bicyclic) bond motifs is 6. The van der Waals surface area contributed by atoms with Crippen molar-refractivity contribution in [3.8, 4) is 33.4 Å². The Labute approximate surface area is 256 Å². The van der Waals surface area contributed by atoms with Gasteiger partial charge in [0, 0.05) is 10.8 Å². The molecular weight excluding hydrogens is 520 g/mol. The second-order valence-electron chi connectivity index (χ2n) is 10.9. The van der Waals surface area contributed by atoms with E-state index in [4.69, 9.17) is 11.3 Å². The molecule has 0 aliphatic carbocycles. The number of para-hydroxylation sites is 1. The van der Waals surface area contributed by atoms with Crippen LogP contribution in [0.25, 0.3) is 87.6 Å². The van der Waals surface area contributed by atoms with Crippen molar-refractivity contribution >= 4 is 54.3 Å². The molecule has 8 aromatic carbocycles. The van der Waals surface area contributed by atoms with E-state index in [0.717, 1.165) is 76.5 Å². The first-order chi connectivity index (χ1) is 23.4. The normalized spacial score (nSPS) is 13.3. The Kier molecular flexibility index (Phi) is 4.27. The lowest BCUT2D eigenvalue weighted by Crippen LogP contribution is -1.92. The molecule has 1 nitrogen and oxygen atoms in total. The first-order valence-electron chi connectivity index (χ1n) is 16.9. The first kappa shape index (κ1) is 19.5. The van der Waals surface area contributed by atoms with Crippen molar-refractivity contribution in [1.82, 2.24) is 0 Å². The van der Waals surface area contributed by atoms with E-state index in [-0.39, 0.29) is 29.7 Å². The van der Waals surface area contributed by atoms with Crippen molar-refractivity contribution < 1.29 is 11.3 Å². The van der Waals surface area contributed by atoms with E-state index in [1.54, 1.807) is 0 Å². The zero-order valence-electron chi connectivity index (χ0n) is 28.0. The maximum Gasteiger partial charge on any atom is 0.136 e. The molecule has 9 aromatic rings. The fraction of sp³-hybridized carbons (Fsp3) is 0. The van der Waals surface area contributed by atoms with Crippen molar-refractivity contribution in [3.05, 3.63) is 158 Å². The van der Waals surface area contributed by atoms with Crippen LogP contribution in [0.4, 0.5) is 0 Å². The van der Waals surface area contributed by atoms with Crippen molar-refractivity contribution in [3.63, 3.8) is 0 Å². The molecule has 0 radical (unpaired) electrons. The predicted octanol–water partition coefficient (Wildman–Crippen LogP) is 12.0. The molecule has 200 valence electrons. The molecule has 1 aromatic heterocycles. The largest absolute Gasteiger partial charge is 0.456 e. The third-order valence-electron chi connectivity index (χ3n) is 8.53. The number of benzene rings is 8. The lowest BCUT2D eigenvalue weighted by molar-refractivity contribution is 0.669. The van der Waals surface area contributed by atoms with Crippen LogP contribution in [0.5, 0.6) is 0 Å². The van der Waals surface area contributed by atoms with Gasteiger partial charge in [-0.3, -0.25) is 0 Å². The summed E-state index contributed by atoms with van der Waals surface area (Å²) >= 11 is 0. The number of hydrogen-bond acceptors (Lipinski definition) is 1. The van der Waals surface area contributed by atoms with E-state index >= 15 is 0 Å². The number of hydrogen-bond donors (Lipinski definition) is 0. The molecule has 0 spiro atoms. The molecule has 43 heavy (non-hydrogen) atoms. The minimum Gasteiger partial charge on any atom is -0.456 e. The van der Waals surface area contributed by atoms with Crippen LogP contribution in [0.2, 0.25) is 0 Å². The zero-order chi connectivity index (χ0) is 32.7. The van der Waals surface area contributed by atoms with Crippen LogP contribution >= 0.6 is 0 Å². The highest BCUT2D eigenvalue weighted by molar-refractivity contribution is 6.24. The summed E-state index contributed by atoms with van der Waals surface area (Å²) in [5.41, 5.74) is 6.74. The summed E-state index contributed by atoms with van der Waals surface area (Å²) in [4.78, 5) is 0. The molecule has 1 heterocycles. The quantitative estimate of drug-likeness (QED) is 0.199. The van der Waals surface area contributed by atoms with Gasteiger partial charge in [-0.05, 0) is 90.0 Å². The molecule has 0 atom stereocenters. The second kappa shape index (κ2) is 9.44. The molecule has 0 saturated carbocycles. The topological polar surface area (TPSA) is 13.1 Å². The molecule has 0 bridgehead atoms. The van der Waals surface area contributed by atoms with Crippen LogP contribution in [-0.4, -0.2) is 0 Å². The molecule has 0 aliphatic heterocycles. The average Bonchev–Trinajstić information content (AvgIpc) is 3.51. The van der Waals surface area contributed by atoms with Crippen molar-refractivity contribution in [2.45, 2.75) is 0 Å². The highest BCUT2D eigenvalue weighted by Crippen LogP contribution is 2.47. The molecule has 0 N–H and O–H groups in total. The number of furan rings is 1. The van der Waals surface area contributed by atoms with E-state index in [1.165, 1.54) is 0 Å². The Morgan fingerprint density at radius 1 is 0.419 bits per heavy atom. The molecule has 0 fully saturated rings. The van der Waals surface area contributed by atoms with E-state index in [0.29, 0.717) is 5.56 Å². The van der Waals surface area contributed by atoms with E-state index in [9.17, 15) is 0 Å². The van der Waals surface area contributed by atoms with Crippen LogP contribution in [-0.2, 0) is 0 Å². The smallest absolute Gasteiger partial charge is 0.136 e. The minimum atomic E-state index is -0.400. The fourth-order valence-electron chi connectivity index (χ4n) is 6.75. The van der Waals surface area contributed by atoms with Crippen molar-refractivity contribution in [1.29, 1.82) is 0 Å². The summed E-state index contributed by atoms with van der Waals surface area (Å²) in [7, 11) is 0. The van der Waals surface area contributed by atoms with Gasteiger partial charge >= 0.3 is 0 Å². The Morgan fingerprint density at radius 2 is 1.00 bits per heavy atom. The van der Waals surface area contributed by atoms with Crippen LogP contribution in [0.1, 0.15) is 6.85 Å². The van der Waals surface area contributed by atoms with Gasteiger partial charge in [0.2, 0.25) is 0 Å². The monoisotopic (exact) mass is 551 g/mol. The van der Waals surface area contributed by atoms with Gasteiger partial charge in [0.05, 0.1) is 6.85 Å². The Balaban J connectivity index is 1.43. The molecule has 0 unspecified atom stereocenters. The van der Waals surface area contributed by atoms with Gasteiger partial charge in [0.1, 0.15) is 11.2 Å². The Bertz CT molecular complexity index is 2710. The summed E-state index contributed by atoms with van der Waals surface area (Å²) in [6.45, 7) is 0. The average molecular weight is 552 g/mol. The molecule has 1 heteroatoms. The summed E-state index contributed by atoms with van der Waals surface area (Å²) in [6, 6.07) is 41.7. The maximum atomic E-state index is 8.90. The van der Waals surface area contributed by atoms with Gasteiger partial charge < -0.3 is 4.42 Å². The van der Waals surface area contributed by atoms with Crippen molar-refractivity contribution in [2.24, 2.45) is 0 Å². The molecule has 0 aliphatic rings. The number of rotatable bonds is 3. The van der Waals surface area contributed by atoms with Gasteiger partial charge in [-0.1, -0.05) is 133 Å². The van der Waals surface area contributed by atoms with Crippen LogP contribution < -0.4 is 0 Å². The molecule has 9 rings (SSSR count). The maximum absolute atomic E-state index is 8.90. The predicted molar refractivity (Wildman–Crippen MR) is 183 cm³/mol. The molecule has 0 amide bonds. The highest BCUT2D eigenvalue weighted by Gasteiger charge is 2.20. The van der Waals surface area contributed by atoms with E-state index in [2.05, 4.69) is 60.7 Å². The standard InChI is InChI=1S/C42H26O/c1-2-13-27(14-3-1)40-32-17-6-8-19-34(32)41(35-20-9-7-18-33(35)40)37-26-29(25-28-15-4-5-16-30(28)37)31-22-12-24-39-42(31)36-21-10-11-23-38(36)43-39/h1-26H/i1D,2D,3D,13D,14D. The summed E-state index contributed by atoms with van der Waals surface area (Å²) in [5, 5.41) is 7.84. The van der Waals surface area contributed by atoms with Crippen LogP contribution in [0.3, 0.4) is 0 Å². The zero-order valence-corrected chi connectivity index (χ0v) is 23.0.